The van der Waals surface area contributed by atoms with Gasteiger partial charge in [-0.1, -0.05) is 11.8 Å². The maximum atomic E-state index is 13.2. The molecule has 10 heteroatoms. The van der Waals surface area contributed by atoms with Crippen molar-refractivity contribution in [2.24, 2.45) is 0 Å². The molecule has 0 saturated heterocycles. The van der Waals surface area contributed by atoms with Gasteiger partial charge < -0.3 is 19.5 Å². The van der Waals surface area contributed by atoms with Gasteiger partial charge in [0.15, 0.2) is 16.7 Å². The van der Waals surface area contributed by atoms with Crippen LogP contribution in [0.2, 0.25) is 0 Å². The summed E-state index contributed by atoms with van der Waals surface area (Å²) in [7, 11) is 4.68. The third-order valence-electron chi connectivity index (χ3n) is 5.08. The zero-order valence-corrected chi connectivity index (χ0v) is 20.6. The third kappa shape index (κ3) is 4.92. The molecule has 1 amide bonds. The SMILES string of the molecule is COCCn1c(SC(C)C(=O)Nc2ccc(OC)c(OC)c2)nc2sc(C)c(C)c2c1=O. The lowest BCUT2D eigenvalue weighted by atomic mass is 10.2. The lowest BCUT2D eigenvalue weighted by Gasteiger charge is -2.16. The van der Waals surface area contributed by atoms with Crippen molar-refractivity contribution in [2.75, 3.05) is 33.3 Å². The molecular weight excluding hydrogens is 450 g/mol. The summed E-state index contributed by atoms with van der Waals surface area (Å²) >= 11 is 2.73. The summed E-state index contributed by atoms with van der Waals surface area (Å²) < 4.78 is 17.3. The summed E-state index contributed by atoms with van der Waals surface area (Å²) in [5.41, 5.74) is 1.43. The van der Waals surface area contributed by atoms with Crippen molar-refractivity contribution in [3.05, 3.63) is 39.0 Å². The molecule has 3 rings (SSSR count). The number of aryl methyl sites for hydroxylation is 2. The van der Waals surface area contributed by atoms with Gasteiger partial charge in [-0.2, -0.15) is 0 Å². The molecule has 0 saturated carbocycles. The molecule has 32 heavy (non-hydrogen) atoms. The third-order valence-corrected chi connectivity index (χ3v) is 7.27. The molecule has 0 spiro atoms. The Morgan fingerprint density at radius 2 is 1.94 bits per heavy atom. The van der Waals surface area contributed by atoms with Gasteiger partial charge in [-0.15, -0.1) is 11.3 Å². The van der Waals surface area contributed by atoms with E-state index in [4.69, 9.17) is 19.2 Å². The number of thiophene rings is 1. The van der Waals surface area contributed by atoms with Crippen LogP contribution in [0.5, 0.6) is 11.5 Å². The van der Waals surface area contributed by atoms with Gasteiger partial charge in [0, 0.05) is 23.7 Å². The highest BCUT2D eigenvalue weighted by Gasteiger charge is 2.22. The number of hydrogen-bond acceptors (Lipinski definition) is 8. The second kappa shape index (κ2) is 10.4. The van der Waals surface area contributed by atoms with Crippen LogP contribution < -0.4 is 20.3 Å². The minimum absolute atomic E-state index is 0.108. The fraction of sp³-hybridized carbons (Fsp3) is 0.409. The summed E-state index contributed by atoms with van der Waals surface area (Å²) in [6.45, 7) is 6.42. The van der Waals surface area contributed by atoms with Gasteiger partial charge in [0.05, 0.1) is 38.0 Å². The van der Waals surface area contributed by atoms with E-state index >= 15 is 0 Å². The maximum absolute atomic E-state index is 13.2. The van der Waals surface area contributed by atoms with Crippen molar-refractivity contribution in [3.63, 3.8) is 0 Å². The molecule has 1 N–H and O–H groups in total. The fourth-order valence-electron chi connectivity index (χ4n) is 3.15. The van der Waals surface area contributed by atoms with E-state index in [1.54, 1.807) is 43.9 Å². The molecule has 0 aliphatic rings. The van der Waals surface area contributed by atoms with E-state index in [1.165, 1.54) is 30.2 Å². The average molecular weight is 478 g/mol. The predicted octanol–water partition coefficient (Wildman–Crippen LogP) is 3.86. The summed E-state index contributed by atoms with van der Waals surface area (Å²) in [6, 6.07) is 5.17. The van der Waals surface area contributed by atoms with Gasteiger partial charge in [-0.25, -0.2) is 4.98 Å². The number of thioether (sulfide) groups is 1. The maximum Gasteiger partial charge on any atom is 0.263 e. The molecule has 1 unspecified atom stereocenters. The van der Waals surface area contributed by atoms with Crippen molar-refractivity contribution < 1.29 is 19.0 Å². The number of nitrogens with one attached hydrogen (secondary N) is 1. The number of anilines is 1. The Balaban J connectivity index is 1.87. The Labute approximate surface area is 194 Å². The molecule has 2 aromatic heterocycles. The highest BCUT2D eigenvalue weighted by Crippen LogP contribution is 2.32. The molecular formula is C22H27N3O5S2. The normalized spacial score (nSPS) is 12.1. The van der Waals surface area contributed by atoms with Crippen molar-refractivity contribution in [1.29, 1.82) is 0 Å². The van der Waals surface area contributed by atoms with Gasteiger partial charge in [0.25, 0.3) is 5.56 Å². The van der Waals surface area contributed by atoms with Crippen LogP contribution in [0.3, 0.4) is 0 Å². The smallest absolute Gasteiger partial charge is 0.263 e. The topological polar surface area (TPSA) is 91.7 Å². The van der Waals surface area contributed by atoms with E-state index in [2.05, 4.69) is 5.32 Å². The zero-order valence-electron chi connectivity index (χ0n) is 19.0. The zero-order chi connectivity index (χ0) is 23.4. The lowest BCUT2D eigenvalue weighted by Crippen LogP contribution is -2.28. The van der Waals surface area contributed by atoms with E-state index in [9.17, 15) is 9.59 Å². The Bertz CT molecular complexity index is 1190. The molecule has 2 heterocycles. The number of hydrogen-bond donors (Lipinski definition) is 1. The Hall–Kier alpha value is -2.56. The van der Waals surface area contributed by atoms with E-state index in [1.807, 2.05) is 13.8 Å². The van der Waals surface area contributed by atoms with Crippen molar-refractivity contribution in [3.8, 4) is 11.5 Å². The van der Waals surface area contributed by atoms with E-state index < -0.39 is 5.25 Å². The number of methoxy groups -OCH3 is 3. The molecule has 0 radical (unpaired) electrons. The van der Waals surface area contributed by atoms with Gasteiger partial charge in [0.2, 0.25) is 5.91 Å². The monoisotopic (exact) mass is 477 g/mol. The summed E-state index contributed by atoms with van der Waals surface area (Å²) in [6.07, 6.45) is 0. The first kappa shape index (κ1) is 24.1. The van der Waals surface area contributed by atoms with Crippen LogP contribution in [-0.4, -0.2) is 48.6 Å². The van der Waals surface area contributed by atoms with Crippen LogP contribution in [0.15, 0.2) is 28.2 Å². The van der Waals surface area contributed by atoms with Crippen LogP contribution >= 0.6 is 23.1 Å². The molecule has 0 bridgehead atoms. The van der Waals surface area contributed by atoms with Gasteiger partial charge in [-0.05, 0) is 38.5 Å². The molecule has 8 nitrogen and oxygen atoms in total. The molecule has 0 aliphatic heterocycles. The number of rotatable bonds is 9. The largest absolute Gasteiger partial charge is 0.493 e. The van der Waals surface area contributed by atoms with Crippen LogP contribution in [-0.2, 0) is 16.1 Å². The summed E-state index contributed by atoms with van der Waals surface area (Å²) in [4.78, 5) is 32.5. The number of carbonyl (C=O) groups excluding carboxylic acids is 1. The van der Waals surface area contributed by atoms with Crippen LogP contribution in [0.1, 0.15) is 17.4 Å². The minimum atomic E-state index is -0.497. The number of carbonyl (C=O) groups is 1. The van der Waals surface area contributed by atoms with E-state index in [-0.39, 0.29) is 11.5 Å². The highest BCUT2D eigenvalue weighted by molar-refractivity contribution is 8.00. The average Bonchev–Trinajstić information content (AvgIpc) is 3.06. The lowest BCUT2D eigenvalue weighted by molar-refractivity contribution is -0.115. The molecule has 0 aliphatic carbocycles. The summed E-state index contributed by atoms with van der Waals surface area (Å²) in [5, 5.41) is 3.52. The minimum Gasteiger partial charge on any atom is -0.493 e. The standard InChI is InChI=1S/C22H27N3O5S2/c1-12-13(2)31-20-18(12)21(27)25(9-10-28-4)22(24-20)32-14(3)19(26)23-15-7-8-16(29-5)17(11-15)30-6/h7-8,11,14H,9-10H2,1-6H3,(H,23,26). The number of nitrogens with zero attached hydrogens (tertiary/aromatic N) is 2. The number of benzene rings is 1. The Morgan fingerprint density at radius 3 is 2.59 bits per heavy atom. The first-order valence-electron chi connectivity index (χ1n) is 9.99. The number of aromatic nitrogens is 2. The second-order valence-electron chi connectivity index (χ2n) is 7.13. The Morgan fingerprint density at radius 1 is 1.22 bits per heavy atom. The Kier molecular flexibility index (Phi) is 7.81. The number of amides is 1. The molecule has 172 valence electrons. The first-order valence-corrected chi connectivity index (χ1v) is 11.7. The van der Waals surface area contributed by atoms with Crippen LogP contribution in [0.4, 0.5) is 5.69 Å². The molecule has 3 aromatic rings. The van der Waals surface area contributed by atoms with Crippen LogP contribution in [0, 0.1) is 13.8 Å². The van der Waals surface area contributed by atoms with Gasteiger partial charge >= 0.3 is 0 Å². The van der Waals surface area contributed by atoms with Crippen molar-refractivity contribution in [2.45, 2.75) is 37.7 Å². The molecule has 1 aromatic carbocycles. The quantitative estimate of drug-likeness (QED) is 0.370. The van der Waals surface area contributed by atoms with Crippen molar-refractivity contribution in [1.82, 2.24) is 9.55 Å². The number of ether oxygens (including phenoxy) is 3. The number of fused-ring (bicyclic) bond motifs is 1. The van der Waals surface area contributed by atoms with Gasteiger partial charge in [0.1, 0.15) is 4.83 Å². The predicted molar refractivity (Wildman–Crippen MR) is 129 cm³/mol. The summed E-state index contributed by atoms with van der Waals surface area (Å²) in [5.74, 6) is 0.886. The highest BCUT2D eigenvalue weighted by atomic mass is 32.2. The van der Waals surface area contributed by atoms with E-state index in [0.29, 0.717) is 45.7 Å². The first-order chi connectivity index (χ1) is 15.3. The van der Waals surface area contributed by atoms with Gasteiger partial charge in [-0.3, -0.25) is 14.2 Å². The molecule has 1 atom stereocenters. The van der Waals surface area contributed by atoms with E-state index in [0.717, 1.165) is 10.4 Å². The molecule has 0 fully saturated rings. The second-order valence-corrected chi connectivity index (χ2v) is 9.64. The van der Waals surface area contributed by atoms with Crippen molar-refractivity contribution >= 4 is 44.9 Å². The van der Waals surface area contributed by atoms with Crippen LogP contribution in [0.25, 0.3) is 10.2 Å². The fourth-order valence-corrected chi connectivity index (χ4v) is 5.15.